The molecule has 1 rings (SSSR count). The van der Waals surface area contributed by atoms with Crippen molar-refractivity contribution in [2.24, 2.45) is 5.73 Å². The summed E-state index contributed by atoms with van der Waals surface area (Å²) in [6.07, 6.45) is 0.294. The second-order valence-corrected chi connectivity index (χ2v) is 4.13. The highest BCUT2D eigenvalue weighted by molar-refractivity contribution is 5.94. The molecule has 0 aromatic carbocycles. The highest BCUT2D eigenvalue weighted by Gasteiger charge is 2.30. The van der Waals surface area contributed by atoms with E-state index < -0.39 is 29.9 Å². The molecule has 0 spiro atoms. The van der Waals surface area contributed by atoms with Crippen molar-refractivity contribution in [3.63, 3.8) is 0 Å². The first-order chi connectivity index (χ1) is 8.93. The van der Waals surface area contributed by atoms with Gasteiger partial charge in [-0.25, -0.2) is 0 Å². The average Bonchev–Trinajstić information content (AvgIpc) is 2.75. The van der Waals surface area contributed by atoms with E-state index in [0.717, 1.165) is 0 Å². The van der Waals surface area contributed by atoms with Crippen LogP contribution in [0.25, 0.3) is 0 Å². The molecular formula is C11H17N3O5. The number of carbonyl (C=O) groups excluding carboxylic acids is 4. The number of rotatable bonds is 6. The third kappa shape index (κ3) is 4.57. The molecule has 2 atom stereocenters. The predicted octanol–water partition coefficient (Wildman–Crippen LogP) is -1.81. The topological polar surface area (TPSA) is 128 Å². The van der Waals surface area contributed by atoms with Gasteiger partial charge in [-0.3, -0.25) is 19.2 Å². The molecule has 1 aliphatic rings. The lowest BCUT2D eigenvalue weighted by Gasteiger charge is -2.17. The Hall–Kier alpha value is -2.12. The molecule has 0 unspecified atom stereocenters. The fraction of sp³-hybridized carbons (Fsp3) is 0.636. The van der Waals surface area contributed by atoms with Crippen molar-refractivity contribution in [3.8, 4) is 0 Å². The van der Waals surface area contributed by atoms with E-state index in [2.05, 4.69) is 15.4 Å². The molecule has 3 amide bonds. The average molecular weight is 271 g/mol. The van der Waals surface area contributed by atoms with Crippen LogP contribution in [-0.2, 0) is 23.9 Å². The van der Waals surface area contributed by atoms with Gasteiger partial charge in [-0.1, -0.05) is 0 Å². The maximum Gasteiger partial charge on any atom is 0.308 e. The van der Waals surface area contributed by atoms with Gasteiger partial charge in [0.05, 0.1) is 13.0 Å². The molecule has 0 aliphatic carbocycles. The van der Waals surface area contributed by atoms with Gasteiger partial charge in [-0.15, -0.1) is 0 Å². The van der Waals surface area contributed by atoms with Crippen LogP contribution < -0.4 is 16.4 Å². The van der Waals surface area contributed by atoms with Crippen molar-refractivity contribution in [3.05, 3.63) is 0 Å². The molecule has 0 radical (unpaired) electrons. The Labute approximate surface area is 110 Å². The van der Waals surface area contributed by atoms with Gasteiger partial charge in [0, 0.05) is 6.42 Å². The molecular weight excluding hydrogens is 254 g/mol. The van der Waals surface area contributed by atoms with Crippen LogP contribution in [0.2, 0.25) is 0 Å². The highest BCUT2D eigenvalue weighted by atomic mass is 16.5. The largest absolute Gasteiger partial charge is 0.466 e. The SMILES string of the molecule is CCOC(=O)C[C@H](NC(=O)[C@H]1CCC(=O)N1)C(N)=O. The third-order valence-corrected chi connectivity index (χ3v) is 2.65. The summed E-state index contributed by atoms with van der Waals surface area (Å²) in [5.41, 5.74) is 5.11. The summed E-state index contributed by atoms with van der Waals surface area (Å²) in [6, 6.07) is -1.82. The number of nitrogens with two attached hydrogens (primary N) is 1. The lowest BCUT2D eigenvalue weighted by molar-refractivity contribution is -0.145. The van der Waals surface area contributed by atoms with Crippen LogP contribution in [0, 0.1) is 0 Å². The predicted molar refractivity (Wildman–Crippen MR) is 63.5 cm³/mol. The number of hydrogen-bond donors (Lipinski definition) is 3. The smallest absolute Gasteiger partial charge is 0.308 e. The van der Waals surface area contributed by atoms with Gasteiger partial charge in [-0.2, -0.15) is 0 Å². The fourth-order valence-corrected chi connectivity index (χ4v) is 1.69. The van der Waals surface area contributed by atoms with Crippen molar-refractivity contribution < 1.29 is 23.9 Å². The van der Waals surface area contributed by atoms with E-state index in [4.69, 9.17) is 5.73 Å². The number of nitrogens with one attached hydrogen (secondary N) is 2. The minimum Gasteiger partial charge on any atom is -0.466 e. The normalized spacial score (nSPS) is 19.4. The van der Waals surface area contributed by atoms with Crippen LogP contribution in [0.15, 0.2) is 0 Å². The highest BCUT2D eigenvalue weighted by Crippen LogP contribution is 2.07. The number of primary amides is 1. The Kier molecular flexibility index (Phi) is 5.28. The number of amides is 3. The van der Waals surface area contributed by atoms with Gasteiger partial charge >= 0.3 is 5.97 Å². The quantitative estimate of drug-likeness (QED) is 0.490. The minimum atomic E-state index is -1.14. The Morgan fingerprint density at radius 3 is 2.68 bits per heavy atom. The van der Waals surface area contributed by atoms with Crippen LogP contribution >= 0.6 is 0 Å². The monoisotopic (exact) mass is 271 g/mol. The van der Waals surface area contributed by atoms with Crippen molar-refractivity contribution in [1.82, 2.24) is 10.6 Å². The molecule has 1 saturated heterocycles. The Morgan fingerprint density at radius 1 is 1.53 bits per heavy atom. The molecule has 8 heteroatoms. The van der Waals surface area contributed by atoms with Gasteiger partial charge in [0.15, 0.2) is 0 Å². The molecule has 4 N–H and O–H groups in total. The zero-order valence-electron chi connectivity index (χ0n) is 10.6. The number of carbonyl (C=O) groups is 4. The molecule has 106 valence electrons. The summed E-state index contributed by atoms with van der Waals surface area (Å²) < 4.78 is 4.68. The zero-order valence-corrected chi connectivity index (χ0v) is 10.6. The number of ether oxygens (including phenoxy) is 1. The molecule has 1 fully saturated rings. The van der Waals surface area contributed by atoms with Crippen LogP contribution in [0.4, 0.5) is 0 Å². The molecule has 0 saturated carbocycles. The fourth-order valence-electron chi connectivity index (χ4n) is 1.69. The molecule has 19 heavy (non-hydrogen) atoms. The molecule has 0 bridgehead atoms. The third-order valence-electron chi connectivity index (χ3n) is 2.65. The zero-order chi connectivity index (χ0) is 14.4. The second kappa shape index (κ2) is 6.72. The van der Waals surface area contributed by atoms with Gasteiger partial charge in [0.2, 0.25) is 17.7 Å². The second-order valence-electron chi connectivity index (χ2n) is 4.13. The molecule has 1 heterocycles. The maximum atomic E-state index is 11.8. The van der Waals surface area contributed by atoms with E-state index >= 15 is 0 Å². The lowest BCUT2D eigenvalue weighted by Crippen LogP contribution is -2.51. The molecule has 0 aromatic rings. The number of hydrogen-bond acceptors (Lipinski definition) is 5. The maximum absolute atomic E-state index is 11.8. The summed E-state index contributed by atoms with van der Waals surface area (Å²) in [4.78, 5) is 45.2. The van der Waals surface area contributed by atoms with Crippen LogP contribution in [-0.4, -0.2) is 42.4 Å². The van der Waals surface area contributed by atoms with E-state index in [9.17, 15) is 19.2 Å². The molecule has 1 aliphatic heterocycles. The first-order valence-electron chi connectivity index (χ1n) is 5.98. The Balaban J connectivity index is 2.53. The van der Waals surface area contributed by atoms with Crippen LogP contribution in [0.3, 0.4) is 0 Å². The van der Waals surface area contributed by atoms with Gasteiger partial charge in [0.25, 0.3) is 0 Å². The first-order valence-corrected chi connectivity index (χ1v) is 5.98. The van der Waals surface area contributed by atoms with E-state index in [1.54, 1.807) is 6.92 Å². The lowest BCUT2D eigenvalue weighted by atomic mass is 10.1. The molecule has 0 aromatic heterocycles. The van der Waals surface area contributed by atoms with Crippen LogP contribution in [0.5, 0.6) is 0 Å². The summed E-state index contributed by atoms with van der Waals surface area (Å²) >= 11 is 0. The van der Waals surface area contributed by atoms with E-state index in [1.165, 1.54) is 0 Å². The summed E-state index contributed by atoms with van der Waals surface area (Å²) in [6.45, 7) is 1.81. The van der Waals surface area contributed by atoms with Crippen LogP contribution in [0.1, 0.15) is 26.2 Å². The van der Waals surface area contributed by atoms with E-state index in [1.807, 2.05) is 0 Å². The van der Waals surface area contributed by atoms with Gasteiger partial charge in [0.1, 0.15) is 12.1 Å². The van der Waals surface area contributed by atoms with Crippen molar-refractivity contribution >= 4 is 23.7 Å². The van der Waals surface area contributed by atoms with Gasteiger partial charge in [-0.05, 0) is 13.3 Å². The van der Waals surface area contributed by atoms with E-state index in [-0.39, 0.29) is 25.4 Å². The molecule has 8 nitrogen and oxygen atoms in total. The van der Waals surface area contributed by atoms with Crippen molar-refractivity contribution in [2.45, 2.75) is 38.3 Å². The summed E-state index contributed by atoms with van der Waals surface area (Å²) in [5.74, 6) is -2.20. The van der Waals surface area contributed by atoms with Crippen molar-refractivity contribution in [2.75, 3.05) is 6.61 Å². The van der Waals surface area contributed by atoms with Crippen molar-refractivity contribution in [1.29, 1.82) is 0 Å². The van der Waals surface area contributed by atoms with E-state index in [0.29, 0.717) is 6.42 Å². The Bertz CT molecular complexity index is 396. The summed E-state index contributed by atoms with van der Waals surface area (Å²) in [7, 11) is 0. The summed E-state index contributed by atoms with van der Waals surface area (Å²) in [5, 5.41) is 4.80. The standard InChI is InChI=1S/C11H17N3O5/c1-2-19-9(16)5-7(10(12)17)14-11(18)6-3-4-8(15)13-6/h6-7H,2-5H2,1H3,(H2,12,17)(H,13,15)(H,14,18)/t6-,7+/m1/s1. The minimum absolute atomic E-state index is 0.178. The Morgan fingerprint density at radius 2 is 2.21 bits per heavy atom. The first kappa shape index (κ1) is 14.9. The van der Waals surface area contributed by atoms with Gasteiger partial charge < -0.3 is 21.1 Å². The number of esters is 1.